The van der Waals surface area contributed by atoms with Crippen molar-refractivity contribution in [3.63, 3.8) is 0 Å². The smallest absolute Gasteiger partial charge is 0.307 e. The molecule has 3 aromatic rings. The van der Waals surface area contributed by atoms with Crippen LogP contribution < -0.4 is 10.1 Å². The van der Waals surface area contributed by atoms with Crippen LogP contribution in [0.4, 0.5) is 11.4 Å². The number of anilines is 1. The molecule has 2 aromatic heterocycles. The van der Waals surface area contributed by atoms with Crippen LogP contribution in [0.2, 0.25) is 5.02 Å². The van der Waals surface area contributed by atoms with E-state index in [2.05, 4.69) is 15.5 Å². The van der Waals surface area contributed by atoms with E-state index < -0.39 is 11.0 Å². The van der Waals surface area contributed by atoms with E-state index in [1.54, 1.807) is 37.4 Å². The highest BCUT2D eigenvalue weighted by Crippen LogP contribution is 2.18. The zero-order valence-electron chi connectivity index (χ0n) is 14.2. The minimum absolute atomic E-state index is 0.136. The van der Waals surface area contributed by atoms with Gasteiger partial charge in [-0.3, -0.25) is 19.6 Å². The summed E-state index contributed by atoms with van der Waals surface area (Å²) >= 11 is 5.89. The maximum atomic E-state index is 12.3. The number of rotatable bonds is 7. The Kier molecular flexibility index (Phi) is 5.36. The van der Waals surface area contributed by atoms with Gasteiger partial charge in [-0.25, -0.2) is 4.68 Å². The summed E-state index contributed by atoms with van der Waals surface area (Å²) in [5.74, 6) is 0.209. The van der Waals surface area contributed by atoms with Crippen molar-refractivity contribution >= 4 is 28.9 Å². The van der Waals surface area contributed by atoms with Gasteiger partial charge in [0, 0.05) is 5.02 Å². The van der Waals surface area contributed by atoms with Gasteiger partial charge in [0.15, 0.2) is 6.73 Å². The van der Waals surface area contributed by atoms with Crippen molar-refractivity contribution in [2.45, 2.75) is 19.7 Å². The molecule has 0 aliphatic heterocycles. The van der Waals surface area contributed by atoms with Crippen LogP contribution in [0.3, 0.4) is 0 Å². The van der Waals surface area contributed by atoms with Crippen LogP contribution in [-0.2, 0) is 11.5 Å². The number of hydrogen-bond acceptors (Lipinski definition) is 6. The number of amides is 1. The molecule has 0 radical (unpaired) electrons. The number of nitrogens with zero attached hydrogens (tertiary/aromatic N) is 5. The van der Waals surface area contributed by atoms with E-state index in [9.17, 15) is 14.9 Å². The number of ether oxygens (including phenoxy) is 1. The number of benzene rings is 1. The molecule has 27 heavy (non-hydrogen) atoms. The molecule has 0 fully saturated rings. The summed E-state index contributed by atoms with van der Waals surface area (Å²) in [6.07, 6.45) is 5.36. The first-order valence-corrected chi connectivity index (χ1v) is 8.20. The molecule has 1 N–H and O–H groups in total. The average Bonchev–Trinajstić information content (AvgIpc) is 3.29. The van der Waals surface area contributed by atoms with E-state index in [0.29, 0.717) is 16.5 Å². The van der Waals surface area contributed by atoms with Gasteiger partial charge in [0.25, 0.3) is 0 Å². The number of hydrogen-bond donors (Lipinski definition) is 1. The lowest BCUT2D eigenvalue weighted by Crippen LogP contribution is -2.23. The predicted molar refractivity (Wildman–Crippen MR) is 96.5 cm³/mol. The maximum Gasteiger partial charge on any atom is 0.307 e. The lowest BCUT2D eigenvalue weighted by Gasteiger charge is -2.11. The molecule has 0 aliphatic carbocycles. The number of nitro groups is 1. The molecule has 0 bridgehead atoms. The van der Waals surface area contributed by atoms with Gasteiger partial charge in [0.05, 0.1) is 23.0 Å². The van der Waals surface area contributed by atoms with Crippen LogP contribution in [0.25, 0.3) is 0 Å². The minimum Gasteiger partial charge on any atom is -0.471 e. The van der Waals surface area contributed by atoms with Crippen molar-refractivity contribution in [2.75, 3.05) is 5.32 Å². The molecule has 140 valence electrons. The van der Waals surface area contributed by atoms with Gasteiger partial charge in [0.2, 0.25) is 5.91 Å². The Labute approximate surface area is 158 Å². The molecule has 1 amide bonds. The highest BCUT2D eigenvalue weighted by molar-refractivity contribution is 6.30. The first-order chi connectivity index (χ1) is 12.9. The van der Waals surface area contributed by atoms with Crippen molar-refractivity contribution in [1.29, 1.82) is 0 Å². The Morgan fingerprint density at radius 1 is 1.37 bits per heavy atom. The molecule has 10 nitrogen and oxygen atoms in total. The monoisotopic (exact) mass is 390 g/mol. The molecule has 1 unspecified atom stereocenters. The maximum absolute atomic E-state index is 12.3. The Balaban J connectivity index is 1.57. The van der Waals surface area contributed by atoms with E-state index in [1.807, 2.05) is 0 Å². The van der Waals surface area contributed by atoms with Crippen LogP contribution in [0.15, 0.2) is 49.1 Å². The fourth-order valence-corrected chi connectivity index (χ4v) is 2.38. The Bertz CT molecular complexity index is 969. The quantitative estimate of drug-likeness (QED) is 0.489. The fourth-order valence-electron chi connectivity index (χ4n) is 2.20. The molecular formula is C16H15ClN6O4. The molecule has 3 rings (SSSR count). The Hall–Kier alpha value is -3.40. The molecule has 0 saturated heterocycles. The summed E-state index contributed by atoms with van der Waals surface area (Å²) < 4.78 is 8.28. The van der Waals surface area contributed by atoms with Crippen LogP contribution >= 0.6 is 11.6 Å². The molecule has 0 aliphatic rings. The molecule has 1 aromatic carbocycles. The van der Waals surface area contributed by atoms with Gasteiger partial charge in [-0.05, 0) is 25.1 Å². The normalized spacial score (nSPS) is 11.8. The highest BCUT2D eigenvalue weighted by Gasteiger charge is 2.19. The van der Waals surface area contributed by atoms with Gasteiger partial charge in [0.1, 0.15) is 24.2 Å². The Morgan fingerprint density at radius 2 is 2.19 bits per heavy atom. The molecule has 0 saturated carbocycles. The topological polar surface area (TPSA) is 117 Å². The third-order valence-corrected chi connectivity index (χ3v) is 3.87. The largest absolute Gasteiger partial charge is 0.471 e. The Morgan fingerprint density at radius 3 is 2.89 bits per heavy atom. The van der Waals surface area contributed by atoms with Crippen molar-refractivity contribution in [2.24, 2.45) is 0 Å². The zero-order chi connectivity index (χ0) is 19.4. The zero-order valence-corrected chi connectivity index (χ0v) is 14.9. The lowest BCUT2D eigenvalue weighted by atomic mass is 10.3. The molecule has 2 heterocycles. The van der Waals surface area contributed by atoms with Crippen molar-refractivity contribution < 1.29 is 14.5 Å². The number of aromatic nitrogens is 4. The third-order valence-electron chi connectivity index (χ3n) is 3.64. The van der Waals surface area contributed by atoms with E-state index in [1.165, 1.54) is 21.8 Å². The predicted octanol–water partition coefficient (Wildman–Crippen LogP) is 2.88. The van der Waals surface area contributed by atoms with Gasteiger partial charge in [-0.15, -0.1) is 0 Å². The summed E-state index contributed by atoms with van der Waals surface area (Å²) in [5.41, 5.74) is 0.281. The molecular weight excluding hydrogens is 376 g/mol. The lowest BCUT2D eigenvalue weighted by molar-refractivity contribution is -0.385. The number of carbonyl (C=O) groups excluding carboxylic acids is 1. The van der Waals surface area contributed by atoms with E-state index in [4.69, 9.17) is 16.3 Å². The van der Waals surface area contributed by atoms with Crippen LogP contribution in [-0.4, -0.2) is 30.4 Å². The van der Waals surface area contributed by atoms with Gasteiger partial charge in [-0.1, -0.05) is 17.7 Å². The van der Waals surface area contributed by atoms with Crippen molar-refractivity contribution in [1.82, 2.24) is 19.6 Å². The van der Waals surface area contributed by atoms with Crippen molar-refractivity contribution in [3.05, 3.63) is 64.2 Å². The number of nitrogens with one attached hydrogen (secondary N) is 1. The molecule has 1 atom stereocenters. The van der Waals surface area contributed by atoms with Gasteiger partial charge in [-0.2, -0.15) is 10.2 Å². The van der Waals surface area contributed by atoms with Crippen LogP contribution in [0, 0.1) is 10.1 Å². The highest BCUT2D eigenvalue weighted by atomic mass is 35.5. The second-order valence-corrected chi connectivity index (χ2v) is 6.04. The van der Waals surface area contributed by atoms with Gasteiger partial charge >= 0.3 is 5.69 Å². The first-order valence-electron chi connectivity index (χ1n) is 7.82. The number of halogens is 1. The second-order valence-electron chi connectivity index (χ2n) is 5.60. The van der Waals surface area contributed by atoms with Crippen LogP contribution in [0.1, 0.15) is 13.0 Å². The first kappa shape index (κ1) is 18.4. The number of carbonyl (C=O) groups is 1. The molecule has 0 spiro atoms. The van der Waals surface area contributed by atoms with Crippen molar-refractivity contribution in [3.8, 4) is 5.75 Å². The summed E-state index contributed by atoms with van der Waals surface area (Å²) in [6, 6.07) is 6.23. The summed E-state index contributed by atoms with van der Waals surface area (Å²) in [7, 11) is 0. The summed E-state index contributed by atoms with van der Waals surface area (Å²) in [4.78, 5) is 22.4. The summed E-state index contributed by atoms with van der Waals surface area (Å²) in [6.45, 7) is 1.72. The van der Waals surface area contributed by atoms with E-state index in [0.717, 1.165) is 6.20 Å². The van der Waals surface area contributed by atoms with E-state index in [-0.39, 0.29) is 18.3 Å². The van der Waals surface area contributed by atoms with E-state index >= 15 is 0 Å². The standard InChI is InChI=1S/C16H15ClN6O4/c1-11(22-9-14(7-19-22)23(25)26)16(24)20-13-6-18-21(8-13)10-27-15-4-2-3-12(17)5-15/h2-9,11H,10H2,1H3,(H,20,24). The minimum atomic E-state index is -0.732. The summed E-state index contributed by atoms with van der Waals surface area (Å²) in [5, 5.41) is 21.9. The fraction of sp³-hybridized carbons (Fsp3) is 0.188. The van der Waals surface area contributed by atoms with Gasteiger partial charge < -0.3 is 10.1 Å². The molecule has 11 heteroatoms. The van der Waals surface area contributed by atoms with Crippen LogP contribution in [0.5, 0.6) is 5.75 Å². The third kappa shape index (κ3) is 4.61. The second kappa shape index (κ2) is 7.87. The SMILES string of the molecule is CC(C(=O)Nc1cnn(COc2cccc(Cl)c2)c1)n1cc([N+](=O)[O-])cn1. The average molecular weight is 391 g/mol.